The number of methoxy groups -OCH3 is 1. The molecule has 8 nitrogen and oxygen atoms in total. The van der Waals surface area contributed by atoms with E-state index in [0.29, 0.717) is 44.3 Å². The van der Waals surface area contributed by atoms with Crippen molar-refractivity contribution in [2.24, 2.45) is 0 Å². The maximum absolute atomic E-state index is 12.9. The van der Waals surface area contributed by atoms with Gasteiger partial charge in [0.05, 0.1) is 25.9 Å². The molecule has 2 saturated heterocycles. The normalized spacial score (nSPS) is 20.2. The van der Waals surface area contributed by atoms with Crippen LogP contribution in [0.15, 0.2) is 18.3 Å². The van der Waals surface area contributed by atoms with Gasteiger partial charge >= 0.3 is 0 Å². The first kappa shape index (κ1) is 22.1. The first-order valence-corrected chi connectivity index (χ1v) is 11.8. The molecule has 4 rings (SSSR count). The van der Waals surface area contributed by atoms with Gasteiger partial charge < -0.3 is 19.7 Å². The number of aromatic nitrogens is 1. The lowest BCUT2D eigenvalue weighted by Gasteiger charge is -2.35. The Morgan fingerprint density at radius 2 is 2.13 bits per heavy atom. The summed E-state index contributed by atoms with van der Waals surface area (Å²) < 4.78 is 11.2. The Labute approximate surface area is 186 Å². The van der Waals surface area contributed by atoms with Crippen LogP contribution in [-0.4, -0.2) is 86.2 Å². The summed E-state index contributed by atoms with van der Waals surface area (Å²) in [4.78, 5) is 35.7. The molecule has 0 spiro atoms. The van der Waals surface area contributed by atoms with Crippen LogP contribution in [0.4, 0.5) is 0 Å². The fourth-order valence-corrected chi connectivity index (χ4v) is 5.35. The van der Waals surface area contributed by atoms with Gasteiger partial charge in [-0.25, -0.2) is 4.98 Å². The highest BCUT2D eigenvalue weighted by Crippen LogP contribution is 2.37. The third-order valence-corrected chi connectivity index (χ3v) is 6.97. The van der Waals surface area contributed by atoms with E-state index in [2.05, 4.69) is 15.2 Å². The molecule has 2 aromatic heterocycles. The summed E-state index contributed by atoms with van der Waals surface area (Å²) in [5.41, 5.74) is 0.873. The van der Waals surface area contributed by atoms with Gasteiger partial charge in [-0.05, 0) is 25.3 Å². The summed E-state index contributed by atoms with van der Waals surface area (Å²) in [6, 6.07) is 3.87. The largest absolute Gasteiger partial charge is 0.383 e. The lowest BCUT2D eigenvalue weighted by molar-refractivity contribution is -0.135. The average molecular weight is 447 g/mol. The SMILES string of the molecule is COCCNC(=O)c1sc2ncccc2c1[C@@H]1CN(CC(=O)N2CCCCC2)CCO1. The van der Waals surface area contributed by atoms with Crippen molar-refractivity contribution in [3.63, 3.8) is 0 Å². The molecule has 9 heteroatoms. The number of nitrogens with zero attached hydrogens (tertiary/aromatic N) is 3. The Morgan fingerprint density at radius 1 is 1.29 bits per heavy atom. The minimum atomic E-state index is -0.274. The summed E-state index contributed by atoms with van der Waals surface area (Å²) in [7, 11) is 1.61. The number of carbonyl (C=O) groups excluding carboxylic acids is 2. The van der Waals surface area contributed by atoms with Crippen molar-refractivity contribution in [2.75, 3.05) is 59.6 Å². The summed E-state index contributed by atoms with van der Waals surface area (Å²) in [5, 5.41) is 3.86. The van der Waals surface area contributed by atoms with Gasteiger partial charge in [-0.3, -0.25) is 14.5 Å². The molecule has 1 N–H and O–H groups in total. The number of carbonyl (C=O) groups is 2. The van der Waals surface area contributed by atoms with E-state index in [1.807, 2.05) is 17.0 Å². The van der Waals surface area contributed by atoms with Crippen LogP contribution in [0.25, 0.3) is 10.2 Å². The van der Waals surface area contributed by atoms with Crippen LogP contribution >= 0.6 is 11.3 Å². The van der Waals surface area contributed by atoms with Crippen LogP contribution in [0.5, 0.6) is 0 Å². The second kappa shape index (κ2) is 10.5. The van der Waals surface area contributed by atoms with Gasteiger partial charge in [0.15, 0.2) is 0 Å². The molecule has 2 aromatic rings. The summed E-state index contributed by atoms with van der Waals surface area (Å²) >= 11 is 1.38. The number of piperidine rings is 1. The van der Waals surface area contributed by atoms with E-state index in [9.17, 15) is 9.59 Å². The smallest absolute Gasteiger partial charge is 0.261 e. The van der Waals surface area contributed by atoms with E-state index in [4.69, 9.17) is 9.47 Å². The van der Waals surface area contributed by atoms with Crippen molar-refractivity contribution in [1.29, 1.82) is 0 Å². The first-order chi connectivity index (χ1) is 15.2. The maximum atomic E-state index is 12.9. The number of hydrogen-bond donors (Lipinski definition) is 1. The van der Waals surface area contributed by atoms with Crippen molar-refractivity contribution >= 4 is 33.4 Å². The van der Waals surface area contributed by atoms with Crippen LogP contribution in [0.1, 0.15) is 40.6 Å². The second-order valence-corrected chi connectivity index (χ2v) is 8.98. The summed E-state index contributed by atoms with van der Waals surface area (Å²) in [6.45, 7) is 4.84. The number of fused-ring (bicyclic) bond motifs is 1. The minimum Gasteiger partial charge on any atom is -0.383 e. The number of likely N-dealkylation sites (tertiary alicyclic amines) is 1. The zero-order valence-corrected chi connectivity index (χ0v) is 18.8. The number of amides is 2. The van der Waals surface area contributed by atoms with Gasteiger partial charge in [-0.2, -0.15) is 0 Å². The molecule has 0 aliphatic carbocycles. The zero-order valence-electron chi connectivity index (χ0n) is 18.0. The number of pyridine rings is 1. The quantitative estimate of drug-likeness (QED) is 0.656. The van der Waals surface area contributed by atoms with E-state index in [1.165, 1.54) is 17.8 Å². The van der Waals surface area contributed by atoms with Crippen molar-refractivity contribution in [3.05, 3.63) is 28.8 Å². The molecular weight excluding hydrogens is 416 g/mol. The van der Waals surface area contributed by atoms with Crippen LogP contribution in [0.3, 0.4) is 0 Å². The molecule has 31 heavy (non-hydrogen) atoms. The highest BCUT2D eigenvalue weighted by atomic mass is 32.1. The number of nitrogens with one attached hydrogen (secondary N) is 1. The third kappa shape index (κ3) is 5.23. The van der Waals surface area contributed by atoms with E-state index >= 15 is 0 Å². The Morgan fingerprint density at radius 3 is 2.94 bits per heavy atom. The molecule has 4 heterocycles. The standard InChI is InChI=1S/C22H30N4O4S/c1-29-12-8-23-21(28)20-19(16-6-5-7-24-22(16)31-20)17-14-25(11-13-30-17)15-18(27)26-9-3-2-4-10-26/h5-7,17H,2-4,8-15H2,1H3,(H,23,28)/t17-/m0/s1. The fourth-order valence-electron chi connectivity index (χ4n) is 4.24. The topological polar surface area (TPSA) is 84.0 Å². The van der Waals surface area contributed by atoms with E-state index in [-0.39, 0.29) is 17.9 Å². The molecule has 2 aliphatic heterocycles. The number of ether oxygens (including phenoxy) is 2. The Bertz CT molecular complexity index is 912. The van der Waals surface area contributed by atoms with E-state index in [0.717, 1.165) is 41.7 Å². The van der Waals surface area contributed by atoms with Crippen molar-refractivity contribution in [2.45, 2.75) is 25.4 Å². The van der Waals surface area contributed by atoms with E-state index in [1.54, 1.807) is 13.3 Å². The number of hydrogen-bond acceptors (Lipinski definition) is 7. The van der Waals surface area contributed by atoms with Gasteiger partial charge in [0.2, 0.25) is 5.91 Å². The predicted octanol–water partition coefficient (Wildman–Crippen LogP) is 2.06. The number of morpholine rings is 1. The zero-order chi connectivity index (χ0) is 21.6. The lowest BCUT2D eigenvalue weighted by Crippen LogP contribution is -2.47. The predicted molar refractivity (Wildman–Crippen MR) is 119 cm³/mol. The molecule has 1 atom stereocenters. The molecule has 2 fully saturated rings. The summed E-state index contributed by atoms with van der Waals surface area (Å²) in [5.74, 6) is 0.0508. The Kier molecular flexibility index (Phi) is 7.49. The first-order valence-electron chi connectivity index (χ1n) is 10.9. The molecule has 0 radical (unpaired) electrons. The Balaban J connectivity index is 1.52. The van der Waals surface area contributed by atoms with E-state index < -0.39 is 0 Å². The van der Waals surface area contributed by atoms with Crippen LogP contribution in [0, 0.1) is 0 Å². The molecule has 0 aromatic carbocycles. The highest BCUT2D eigenvalue weighted by Gasteiger charge is 2.31. The van der Waals surface area contributed by atoms with Gasteiger partial charge in [0.1, 0.15) is 9.71 Å². The monoisotopic (exact) mass is 446 g/mol. The molecule has 0 saturated carbocycles. The fraction of sp³-hybridized carbons (Fsp3) is 0.591. The van der Waals surface area contributed by atoms with Gasteiger partial charge in [0.25, 0.3) is 5.91 Å². The van der Waals surface area contributed by atoms with Gasteiger partial charge in [-0.15, -0.1) is 11.3 Å². The molecular formula is C22H30N4O4S. The highest BCUT2D eigenvalue weighted by molar-refractivity contribution is 7.20. The van der Waals surface area contributed by atoms with Crippen molar-refractivity contribution < 1.29 is 19.1 Å². The maximum Gasteiger partial charge on any atom is 0.261 e. The summed E-state index contributed by atoms with van der Waals surface area (Å²) in [6.07, 6.45) is 4.85. The molecule has 0 unspecified atom stereocenters. The van der Waals surface area contributed by atoms with Gasteiger partial charge in [0, 0.05) is 57.0 Å². The minimum absolute atomic E-state index is 0.139. The lowest BCUT2D eigenvalue weighted by atomic mass is 10.0. The molecule has 2 amide bonds. The number of thiophene rings is 1. The van der Waals surface area contributed by atoms with Crippen molar-refractivity contribution in [3.8, 4) is 0 Å². The van der Waals surface area contributed by atoms with Crippen LogP contribution < -0.4 is 5.32 Å². The third-order valence-electron chi connectivity index (χ3n) is 5.84. The Hall–Kier alpha value is -2.07. The number of rotatable bonds is 7. The molecule has 168 valence electrons. The van der Waals surface area contributed by atoms with Crippen molar-refractivity contribution in [1.82, 2.24) is 20.1 Å². The molecule has 2 aliphatic rings. The molecule has 0 bridgehead atoms. The van der Waals surface area contributed by atoms with Crippen LogP contribution in [0.2, 0.25) is 0 Å². The average Bonchev–Trinajstić information content (AvgIpc) is 3.20. The van der Waals surface area contributed by atoms with Crippen LogP contribution in [-0.2, 0) is 14.3 Å². The van der Waals surface area contributed by atoms with Gasteiger partial charge in [-0.1, -0.05) is 6.07 Å². The second-order valence-electron chi connectivity index (χ2n) is 7.99.